The van der Waals surface area contributed by atoms with Crippen LogP contribution in [-0.2, 0) is 15.0 Å². The van der Waals surface area contributed by atoms with Gasteiger partial charge in [-0.05, 0) is 82.9 Å². The molecule has 0 unspecified atom stereocenters. The topological polar surface area (TPSA) is 75.9 Å². The van der Waals surface area contributed by atoms with Gasteiger partial charge >= 0.3 is 0 Å². The highest BCUT2D eigenvalue weighted by Gasteiger charge is 2.38. The molecule has 0 saturated carbocycles. The SMILES string of the molecule is CN(C)c1ccc(C#Cc2ccc(N(CC(N)=O)C(=O)COc3ccc(C(c4ccccc4)(c4ccccc4)c4ccccc4)cc3)cc2)cc1. The lowest BCUT2D eigenvalue weighted by Crippen LogP contribution is -2.41. The smallest absolute Gasteiger partial charge is 0.265 e. The molecule has 0 radical (unpaired) electrons. The molecule has 6 heteroatoms. The van der Waals surface area contributed by atoms with Gasteiger partial charge in [0.05, 0.1) is 5.41 Å². The summed E-state index contributed by atoms with van der Waals surface area (Å²) in [4.78, 5) is 28.8. The van der Waals surface area contributed by atoms with Gasteiger partial charge in [-0.1, -0.05) is 115 Å². The van der Waals surface area contributed by atoms with Gasteiger partial charge in [-0.25, -0.2) is 0 Å². The van der Waals surface area contributed by atoms with Gasteiger partial charge in [0.25, 0.3) is 5.91 Å². The van der Waals surface area contributed by atoms with Crippen molar-refractivity contribution in [2.24, 2.45) is 5.73 Å². The summed E-state index contributed by atoms with van der Waals surface area (Å²) in [5, 5.41) is 0. The maximum atomic E-state index is 13.5. The van der Waals surface area contributed by atoms with Gasteiger partial charge in [0.2, 0.25) is 5.91 Å². The molecule has 6 nitrogen and oxygen atoms in total. The number of hydrogen-bond donors (Lipinski definition) is 1. The van der Waals surface area contributed by atoms with Gasteiger partial charge in [0, 0.05) is 36.6 Å². The first-order valence-electron chi connectivity index (χ1n) is 16.7. The Hall–Kier alpha value is -6.58. The predicted octanol–water partition coefficient (Wildman–Crippen LogP) is 7.43. The number of anilines is 2. The fourth-order valence-corrected chi connectivity index (χ4v) is 6.28. The zero-order chi connectivity index (χ0) is 35.6. The number of nitrogens with two attached hydrogens (primary N) is 1. The van der Waals surface area contributed by atoms with Crippen LogP contribution in [0.4, 0.5) is 11.4 Å². The summed E-state index contributed by atoms with van der Waals surface area (Å²) >= 11 is 0. The molecule has 0 aliphatic heterocycles. The van der Waals surface area contributed by atoms with E-state index in [4.69, 9.17) is 10.5 Å². The third-order valence-electron chi connectivity index (χ3n) is 8.80. The van der Waals surface area contributed by atoms with Gasteiger partial charge < -0.3 is 20.3 Å². The lowest BCUT2D eigenvalue weighted by atomic mass is 9.65. The minimum absolute atomic E-state index is 0.279. The zero-order valence-corrected chi connectivity index (χ0v) is 28.7. The molecule has 0 aliphatic carbocycles. The molecule has 0 heterocycles. The Morgan fingerprint density at radius 2 is 0.980 bits per heavy atom. The summed E-state index contributed by atoms with van der Waals surface area (Å²) in [5.41, 5.74) is 12.7. The van der Waals surface area contributed by atoms with Crippen molar-refractivity contribution in [3.63, 3.8) is 0 Å². The van der Waals surface area contributed by atoms with Crippen molar-refractivity contribution in [1.82, 2.24) is 0 Å². The maximum Gasteiger partial charge on any atom is 0.265 e. The van der Waals surface area contributed by atoms with Crippen molar-refractivity contribution in [1.29, 1.82) is 0 Å². The lowest BCUT2D eigenvalue weighted by molar-refractivity contribution is -0.123. The van der Waals surface area contributed by atoms with Crippen LogP contribution in [0.15, 0.2) is 164 Å². The summed E-state index contributed by atoms with van der Waals surface area (Å²) in [5.74, 6) is 5.82. The third kappa shape index (κ3) is 7.85. The number of benzene rings is 6. The van der Waals surface area contributed by atoms with Crippen LogP contribution in [0.3, 0.4) is 0 Å². The molecule has 0 aromatic heterocycles. The summed E-state index contributed by atoms with van der Waals surface area (Å²) in [7, 11) is 3.99. The number of amides is 2. The largest absolute Gasteiger partial charge is 0.484 e. The van der Waals surface area contributed by atoms with E-state index < -0.39 is 17.2 Å². The highest BCUT2D eigenvalue weighted by molar-refractivity contribution is 5.99. The van der Waals surface area contributed by atoms with Crippen molar-refractivity contribution in [3.8, 4) is 17.6 Å². The number of carbonyl (C=O) groups is 2. The van der Waals surface area contributed by atoms with Gasteiger partial charge in [-0.15, -0.1) is 0 Å². The number of nitrogens with zero attached hydrogens (tertiary/aromatic N) is 2. The Morgan fingerprint density at radius 3 is 1.39 bits per heavy atom. The number of primary amides is 1. The summed E-state index contributed by atoms with van der Waals surface area (Å²) < 4.78 is 6.00. The molecule has 2 amide bonds. The van der Waals surface area contributed by atoms with Gasteiger partial charge in [0.15, 0.2) is 6.61 Å². The third-order valence-corrected chi connectivity index (χ3v) is 8.80. The monoisotopic (exact) mass is 669 g/mol. The summed E-state index contributed by atoms with van der Waals surface area (Å²) in [6, 6.07) is 54.3. The quantitative estimate of drug-likeness (QED) is 0.115. The van der Waals surface area contributed by atoms with Crippen LogP contribution in [0.25, 0.3) is 0 Å². The Morgan fingerprint density at radius 1 is 0.569 bits per heavy atom. The van der Waals surface area contributed by atoms with E-state index in [0.29, 0.717) is 11.4 Å². The van der Waals surface area contributed by atoms with E-state index in [-0.39, 0.29) is 13.2 Å². The molecule has 0 atom stereocenters. The molecule has 0 saturated heterocycles. The van der Waals surface area contributed by atoms with Crippen molar-refractivity contribution in [3.05, 3.63) is 197 Å². The molecular weight excluding hydrogens is 631 g/mol. The van der Waals surface area contributed by atoms with Crippen molar-refractivity contribution < 1.29 is 14.3 Å². The van der Waals surface area contributed by atoms with Crippen molar-refractivity contribution >= 4 is 23.2 Å². The van der Waals surface area contributed by atoms with Crippen LogP contribution in [0.5, 0.6) is 5.75 Å². The molecule has 0 fully saturated rings. The number of carbonyl (C=O) groups excluding carboxylic acids is 2. The summed E-state index contributed by atoms with van der Waals surface area (Å²) in [6.45, 7) is -0.559. The predicted molar refractivity (Wildman–Crippen MR) is 205 cm³/mol. The number of hydrogen-bond acceptors (Lipinski definition) is 4. The zero-order valence-electron chi connectivity index (χ0n) is 28.7. The highest BCUT2D eigenvalue weighted by Crippen LogP contribution is 2.45. The number of ether oxygens (including phenoxy) is 1. The first kappa shape index (κ1) is 34.3. The minimum atomic E-state index is -0.628. The van der Waals surface area contributed by atoms with E-state index in [1.165, 1.54) is 4.90 Å². The van der Waals surface area contributed by atoms with E-state index >= 15 is 0 Å². The van der Waals surface area contributed by atoms with Crippen LogP contribution in [0, 0.1) is 11.8 Å². The van der Waals surface area contributed by atoms with Crippen LogP contribution < -0.4 is 20.3 Å². The van der Waals surface area contributed by atoms with Crippen LogP contribution in [-0.4, -0.2) is 39.1 Å². The van der Waals surface area contributed by atoms with Crippen LogP contribution >= 0.6 is 0 Å². The molecular formula is C45H39N3O3. The molecule has 252 valence electrons. The molecule has 6 aromatic carbocycles. The minimum Gasteiger partial charge on any atom is -0.484 e. The molecule has 0 aliphatic rings. The van der Waals surface area contributed by atoms with E-state index in [1.54, 1.807) is 12.1 Å². The molecule has 6 aromatic rings. The average molecular weight is 670 g/mol. The molecule has 0 bridgehead atoms. The first-order chi connectivity index (χ1) is 24.8. The van der Waals surface area contributed by atoms with Crippen LogP contribution in [0.2, 0.25) is 0 Å². The van der Waals surface area contributed by atoms with Gasteiger partial charge in [-0.2, -0.15) is 0 Å². The van der Waals surface area contributed by atoms with E-state index in [0.717, 1.165) is 39.1 Å². The Balaban J connectivity index is 1.21. The second-order valence-corrected chi connectivity index (χ2v) is 12.3. The Bertz CT molecular complexity index is 2020. The molecule has 0 spiro atoms. The van der Waals surface area contributed by atoms with Crippen LogP contribution in [0.1, 0.15) is 33.4 Å². The molecule has 2 N–H and O–H groups in total. The molecule has 51 heavy (non-hydrogen) atoms. The average Bonchev–Trinajstić information content (AvgIpc) is 3.17. The lowest BCUT2D eigenvalue weighted by Gasteiger charge is -2.36. The van der Waals surface area contributed by atoms with Crippen molar-refractivity contribution in [2.75, 3.05) is 37.0 Å². The number of rotatable bonds is 11. The second-order valence-electron chi connectivity index (χ2n) is 12.3. The highest BCUT2D eigenvalue weighted by atomic mass is 16.5. The Kier molecular flexibility index (Phi) is 10.6. The second kappa shape index (κ2) is 15.8. The van der Waals surface area contributed by atoms with Gasteiger partial charge in [0.1, 0.15) is 12.3 Å². The van der Waals surface area contributed by atoms with Gasteiger partial charge in [-0.3, -0.25) is 9.59 Å². The first-order valence-corrected chi connectivity index (χ1v) is 16.7. The van der Waals surface area contributed by atoms with E-state index in [2.05, 4.69) is 84.6 Å². The fourth-order valence-electron chi connectivity index (χ4n) is 6.28. The fraction of sp³-hybridized carbons (Fsp3) is 0.111. The Labute approximate surface area is 299 Å². The maximum absolute atomic E-state index is 13.5. The van der Waals surface area contributed by atoms with Crippen molar-refractivity contribution in [2.45, 2.75) is 5.41 Å². The standard InChI is InChI=1S/C45H39N3O3/c1-47(2)40-26-20-34(21-27-40)18-19-35-22-28-41(29-23-35)48(32-43(46)49)44(50)33-51-42-30-24-39(25-31-42)45(36-12-6-3-7-13-36,37-14-8-4-9-15-37)38-16-10-5-11-17-38/h3-17,20-31H,32-33H2,1-2H3,(H2,46,49). The summed E-state index contributed by atoms with van der Waals surface area (Å²) in [6.07, 6.45) is 0. The van der Waals surface area contributed by atoms with E-state index in [9.17, 15) is 9.59 Å². The normalized spacial score (nSPS) is 10.8. The van der Waals surface area contributed by atoms with E-state index in [1.807, 2.05) is 97.9 Å². The molecule has 6 rings (SSSR count).